The lowest BCUT2D eigenvalue weighted by Crippen LogP contribution is -2.35. The number of aliphatic carboxylic acids is 1. The van der Waals surface area contributed by atoms with Crippen LogP contribution in [0.1, 0.15) is 18.7 Å². The van der Waals surface area contributed by atoms with E-state index in [0.717, 1.165) is 23.0 Å². The summed E-state index contributed by atoms with van der Waals surface area (Å²) in [5.41, 5.74) is 0.952. The molecule has 1 aromatic carbocycles. The van der Waals surface area contributed by atoms with Crippen molar-refractivity contribution in [3.63, 3.8) is 0 Å². The van der Waals surface area contributed by atoms with Gasteiger partial charge in [0.1, 0.15) is 6.04 Å². The van der Waals surface area contributed by atoms with Crippen molar-refractivity contribution in [2.45, 2.75) is 25.4 Å². The summed E-state index contributed by atoms with van der Waals surface area (Å²) in [6.07, 6.45) is 3.28. The molecule has 1 fully saturated rings. The summed E-state index contributed by atoms with van der Waals surface area (Å²) in [6.45, 7) is 1.21. The second-order valence-corrected chi connectivity index (χ2v) is 6.01. The third-order valence-corrected chi connectivity index (χ3v) is 4.20. The largest absolute Gasteiger partial charge is 0.480 e. The first-order chi connectivity index (χ1) is 10.1. The molecule has 1 aromatic heterocycles. The first kappa shape index (κ1) is 14.3. The highest BCUT2D eigenvalue weighted by molar-refractivity contribution is 9.10. The Balaban J connectivity index is 1.73. The maximum Gasteiger partial charge on any atom is 0.320 e. The maximum atomic E-state index is 11.2. The van der Waals surface area contributed by atoms with Gasteiger partial charge in [-0.3, -0.25) is 9.69 Å². The van der Waals surface area contributed by atoms with Crippen molar-refractivity contribution < 1.29 is 14.3 Å². The lowest BCUT2D eigenvalue weighted by Gasteiger charge is -2.18. The number of hydrogen-bond donors (Lipinski definition) is 1. The number of benzene rings is 1. The highest BCUT2D eigenvalue weighted by Gasteiger charge is 2.31. The summed E-state index contributed by atoms with van der Waals surface area (Å²) in [7, 11) is 0. The minimum Gasteiger partial charge on any atom is -0.480 e. The molecule has 1 saturated heterocycles. The van der Waals surface area contributed by atoms with E-state index in [1.54, 1.807) is 6.20 Å². The van der Waals surface area contributed by atoms with Crippen LogP contribution in [-0.4, -0.2) is 33.5 Å². The van der Waals surface area contributed by atoms with Crippen LogP contribution in [0.3, 0.4) is 0 Å². The third kappa shape index (κ3) is 3.16. The first-order valence-corrected chi connectivity index (χ1v) is 7.60. The van der Waals surface area contributed by atoms with Crippen LogP contribution in [0, 0.1) is 0 Å². The predicted molar refractivity (Wildman–Crippen MR) is 80.7 cm³/mol. The van der Waals surface area contributed by atoms with Gasteiger partial charge in [0.05, 0.1) is 12.7 Å². The van der Waals surface area contributed by atoms with E-state index in [1.807, 2.05) is 29.2 Å². The number of nitrogens with zero attached hydrogens (tertiary/aromatic N) is 2. The number of carbonyl (C=O) groups is 1. The van der Waals surface area contributed by atoms with Crippen molar-refractivity contribution >= 4 is 21.9 Å². The van der Waals surface area contributed by atoms with Gasteiger partial charge in [0, 0.05) is 10.0 Å². The number of aromatic nitrogens is 1. The van der Waals surface area contributed by atoms with Crippen LogP contribution in [0.15, 0.2) is 39.4 Å². The van der Waals surface area contributed by atoms with Crippen molar-refractivity contribution in [3.8, 4) is 11.3 Å². The molecule has 1 atom stereocenters. The van der Waals surface area contributed by atoms with E-state index >= 15 is 0 Å². The molecule has 0 bridgehead atoms. The lowest BCUT2D eigenvalue weighted by atomic mass is 10.2. The minimum absolute atomic E-state index is 0.423. The van der Waals surface area contributed by atoms with Crippen molar-refractivity contribution in [2.24, 2.45) is 0 Å². The van der Waals surface area contributed by atoms with Crippen LogP contribution in [0.4, 0.5) is 0 Å². The van der Waals surface area contributed by atoms with Crippen molar-refractivity contribution in [3.05, 3.63) is 40.8 Å². The Morgan fingerprint density at radius 1 is 1.43 bits per heavy atom. The minimum atomic E-state index is -0.771. The second-order valence-electron chi connectivity index (χ2n) is 5.09. The molecule has 0 amide bonds. The van der Waals surface area contributed by atoms with Gasteiger partial charge in [-0.2, -0.15) is 0 Å². The predicted octanol–water partition coefficient (Wildman–Crippen LogP) is 3.15. The number of oxazole rings is 1. The molecule has 2 aromatic rings. The molecule has 1 unspecified atom stereocenters. The third-order valence-electron chi connectivity index (χ3n) is 3.67. The van der Waals surface area contributed by atoms with Crippen LogP contribution in [0.25, 0.3) is 11.3 Å². The molecular formula is C15H15BrN2O3. The number of likely N-dealkylation sites (tertiary alicyclic amines) is 1. The fourth-order valence-corrected chi connectivity index (χ4v) is 2.86. The molecule has 110 valence electrons. The summed E-state index contributed by atoms with van der Waals surface area (Å²) in [5.74, 6) is 0.483. The van der Waals surface area contributed by atoms with Gasteiger partial charge in [0.15, 0.2) is 5.76 Å². The normalized spacial score (nSPS) is 19.0. The Labute approximate surface area is 130 Å². The van der Waals surface area contributed by atoms with Gasteiger partial charge in [-0.1, -0.05) is 28.1 Å². The molecule has 3 rings (SSSR count). The molecule has 6 heteroatoms. The van der Waals surface area contributed by atoms with Gasteiger partial charge in [-0.25, -0.2) is 4.98 Å². The van der Waals surface area contributed by atoms with Crippen LogP contribution >= 0.6 is 15.9 Å². The van der Waals surface area contributed by atoms with Crippen LogP contribution in [0.5, 0.6) is 0 Å². The molecule has 5 nitrogen and oxygen atoms in total. The van der Waals surface area contributed by atoms with Crippen LogP contribution < -0.4 is 0 Å². The zero-order valence-corrected chi connectivity index (χ0v) is 12.9. The maximum absolute atomic E-state index is 11.2. The molecule has 1 N–H and O–H groups in total. The van der Waals surface area contributed by atoms with Gasteiger partial charge in [-0.15, -0.1) is 0 Å². The molecular weight excluding hydrogens is 336 g/mol. The first-order valence-electron chi connectivity index (χ1n) is 6.81. The highest BCUT2D eigenvalue weighted by atomic mass is 79.9. The van der Waals surface area contributed by atoms with Crippen molar-refractivity contribution in [1.82, 2.24) is 9.88 Å². The molecule has 0 saturated carbocycles. The van der Waals surface area contributed by atoms with Crippen LogP contribution in [0.2, 0.25) is 0 Å². The average molecular weight is 351 g/mol. The zero-order valence-electron chi connectivity index (χ0n) is 11.3. The fourth-order valence-electron chi connectivity index (χ4n) is 2.60. The lowest BCUT2D eigenvalue weighted by molar-refractivity contribution is -0.142. The van der Waals surface area contributed by atoms with Crippen molar-refractivity contribution in [1.29, 1.82) is 0 Å². The zero-order chi connectivity index (χ0) is 14.8. The van der Waals surface area contributed by atoms with Gasteiger partial charge in [-0.05, 0) is 31.5 Å². The summed E-state index contributed by atoms with van der Waals surface area (Å²) in [5, 5.41) is 9.17. The van der Waals surface area contributed by atoms with E-state index in [4.69, 9.17) is 4.42 Å². The van der Waals surface area contributed by atoms with Gasteiger partial charge in [0.25, 0.3) is 0 Å². The molecule has 0 radical (unpaired) electrons. The SMILES string of the molecule is O=C(O)C1CCCN1Cc1ncc(-c2ccc(Br)cc2)o1. The summed E-state index contributed by atoms with van der Waals surface area (Å²) >= 11 is 3.39. The van der Waals surface area contributed by atoms with Gasteiger partial charge >= 0.3 is 5.97 Å². The molecule has 21 heavy (non-hydrogen) atoms. The van der Waals surface area contributed by atoms with Gasteiger partial charge in [0.2, 0.25) is 5.89 Å². The molecule has 1 aliphatic heterocycles. The smallest absolute Gasteiger partial charge is 0.320 e. The van der Waals surface area contributed by atoms with Gasteiger partial charge < -0.3 is 9.52 Å². The van der Waals surface area contributed by atoms with Crippen molar-refractivity contribution in [2.75, 3.05) is 6.54 Å². The Hall–Kier alpha value is -1.66. The van der Waals surface area contributed by atoms with E-state index in [2.05, 4.69) is 20.9 Å². The topological polar surface area (TPSA) is 66.6 Å². The Morgan fingerprint density at radius 2 is 2.19 bits per heavy atom. The quantitative estimate of drug-likeness (QED) is 0.917. The van der Waals surface area contributed by atoms with E-state index in [0.29, 0.717) is 24.6 Å². The summed E-state index contributed by atoms with van der Waals surface area (Å²) in [4.78, 5) is 17.3. The number of rotatable bonds is 4. The number of hydrogen-bond acceptors (Lipinski definition) is 4. The monoisotopic (exact) mass is 350 g/mol. The van der Waals surface area contributed by atoms with E-state index in [1.165, 1.54) is 0 Å². The molecule has 0 aliphatic carbocycles. The van der Waals surface area contributed by atoms with E-state index in [-0.39, 0.29) is 0 Å². The number of halogens is 1. The van der Waals surface area contributed by atoms with E-state index < -0.39 is 12.0 Å². The van der Waals surface area contributed by atoms with Crippen LogP contribution in [-0.2, 0) is 11.3 Å². The molecule has 1 aliphatic rings. The van der Waals surface area contributed by atoms with E-state index in [9.17, 15) is 9.90 Å². The standard InChI is InChI=1S/C15H15BrN2O3/c16-11-5-3-10(4-6-11)13-8-17-14(21-13)9-18-7-1-2-12(18)15(19)20/h3-6,8,12H,1-2,7,9H2,(H,19,20). The Bertz CT molecular complexity index is 639. The number of carboxylic acids is 1. The Morgan fingerprint density at radius 3 is 2.90 bits per heavy atom. The summed E-state index contributed by atoms with van der Waals surface area (Å²) < 4.78 is 6.75. The average Bonchev–Trinajstić information content (AvgIpc) is 3.09. The molecule has 2 heterocycles. The summed E-state index contributed by atoms with van der Waals surface area (Å²) in [6, 6.07) is 7.36. The number of carboxylic acid groups (broad SMARTS) is 1. The second kappa shape index (κ2) is 5.99. The fraction of sp³-hybridized carbons (Fsp3) is 0.333. The Kier molecular flexibility index (Phi) is 4.07. The highest BCUT2D eigenvalue weighted by Crippen LogP contribution is 2.25. The molecule has 0 spiro atoms.